The number of nitrogens with one attached hydrogen (secondary N) is 1. The van der Waals surface area contributed by atoms with Crippen molar-refractivity contribution in [1.82, 2.24) is 15.0 Å². The molecule has 0 atom stereocenters. The lowest BCUT2D eigenvalue weighted by atomic mass is 10.1. The van der Waals surface area contributed by atoms with Crippen LogP contribution in [0, 0.1) is 0 Å². The van der Waals surface area contributed by atoms with Crippen LogP contribution in [0.15, 0.2) is 36.7 Å². The molecule has 90 valence electrons. The summed E-state index contributed by atoms with van der Waals surface area (Å²) in [5.74, 6) is 0.809. The Morgan fingerprint density at radius 3 is 2.94 bits per heavy atom. The number of benzene rings is 1. The minimum atomic E-state index is 0.241. The smallest absolute Gasteiger partial charge is 0.222 e. The minimum Gasteiger partial charge on any atom is -0.497 e. The van der Waals surface area contributed by atoms with Gasteiger partial charge in [-0.2, -0.15) is 0 Å². The Labute approximate surface area is 109 Å². The zero-order valence-electron chi connectivity index (χ0n) is 9.64. The molecule has 2 aromatic heterocycles. The number of hydrogen-bond donors (Lipinski definition) is 1. The number of aromatic amines is 1. The second-order valence-electron chi connectivity index (χ2n) is 3.82. The predicted octanol–water partition coefficient (Wildman–Crippen LogP) is 3.29. The first-order valence-corrected chi connectivity index (χ1v) is 5.80. The van der Waals surface area contributed by atoms with Crippen LogP contribution >= 0.6 is 11.6 Å². The van der Waals surface area contributed by atoms with Gasteiger partial charge in [-0.15, -0.1) is 0 Å². The van der Waals surface area contributed by atoms with Crippen LogP contribution in [-0.4, -0.2) is 22.1 Å². The topological polar surface area (TPSA) is 50.8 Å². The Kier molecular flexibility index (Phi) is 2.64. The normalized spacial score (nSPS) is 10.8. The molecular weight excluding hydrogens is 250 g/mol. The van der Waals surface area contributed by atoms with Gasteiger partial charge in [0.25, 0.3) is 0 Å². The summed E-state index contributed by atoms with van der Waals surface area (Å²) in [6.45, 7) is 0. The van der Waals surface area contributed by atoms with Crippen LogP contribution in [0.2, 0.25) is 5.28 Å². The lowest BCUT2D eigenvalue weighted by Gasteiger charge is -2.01. The van der Waals surface area contributed by atoms with Gasteiger partial charge < -0.3 is 9.72 Å². The maximum absolute atomic E-state index is 5.81. The van der Waals surface area contributed by atoms with Crippen molar-refractivity contribution >= 4 is 22.5 Å². The van der Waals surface area contributed by atoms with Crippen LogP contribution in [0.25, 0.3) is 22.2 Å². The SMILES string of the molecule is COc1ccc2[nH]cc(-c3ccnc(Cl)n3)c2c1. The molecule has 1 aromatic carbocycles. The second-order valence-corrected chi connectivity index (χ2v) is 4.16. The predicted molar refractivity (Wildman–Crippen MR) is 70.9 cm³/mol. The molecule has 0 spiro atoms. The van der Waals surface area contributed by atoms with Crippen LogP contribution in [0.3, 0.4) is 0 Å². The number of fused-ring (bicyclic) bond motifs is 1. The molecule has 0 unspecified atom stereocenters. The molecule has 0 aliphatic heterocycles. The molecule has 3 aromatic rings. The zero-order chi connectivity index (χ0) is 12.5. The number of hydrogen-bond acceptors (Lipinski definition) is 3. The van der Waals surface area contributed by atoms with Crippen molar-refractivity contribution in [3.63, 3.8) is 0 Å². The first-order valence-electron chi connectivity index (χ1n) is 5.42. The summed E-state index contributed by atoms with van der Waals surface area (Å²) in [6, 6.07) is 7.68. The molecule has 4 nitrogen and oxygen atoms in total. The molecule has 0 aliphatic carbocycles. The Hall–Kier alpha value is -2.07. The van der Waals surface area contributed by atoms with Crippen LogP contribution in [-0.2, 0) is 0 Å². The largest absolute Gasteiger partial charge is 0.497 e. The highest BCUT2D eigenvalue weighted by Crippen LogP contribution is 2.30. The monoisotopic (exact) mass is 259 g/mol. The lowest BCUT2D eigenvalue weighted by molar-refractivity contribution is 0.415. The van der Waals surface area contributed by atoms with Crippen LogP contribution in [0.4, 0.5) is 0 Å². The van der Waals surface area contributed by atoms with Crippen molar-refractivity contribution < 1.29 is 4.74 Å². The van der Waals surface area contributed by atoms with Crippen molar-refractivity contribution in [2.45, 2.75) is 0 Å². The summed E-state index contributed by atoms with van der Waals surface area (Å²) in [5.41, 5.74) is 2.79. The van der Waals surface area contributed by atoms with Crippen LogP contribution < -0.4 is 4.74 Å². The Bertz CT molecular complexity index is 708. The Morgan fingerprint density at radius 1 is 1.28 bits per heavy atom. The summed E-state index contributed by atoms with van der Waals surface area (Å²) >= 11 is 5.81. The first kappa shape index (κ1) is 11.0. The van der Waals surface area contributed by atoms with E-state index in [1.54, 1.807) is 13.3 Å². The summed E-state index contributed by atoms with van der Waals surface area (Å²) in [6.07, 6.45) is 3.55. The van der Waals surface area contributed by atoms with E-state index in [9.17, 15) is 0 Å². The number of H-pyrrole nitrogens is 1. The Balaban J connectivity index is 2.22. The van der Waals surface area contributed by atoms with Gasteiger partial charge >= 0.3 is 0 Å². The van der Waals surface area contributed by atoms with Gasteiger partial charge in [0.15, 0.2) is 0 Å². The molecule has 0 saturated carbocycles. The molecule has 1 N–H and O–H groups in total. The van der Waals surface area contributed by atoms with Gasteiger partial charge in [0, 0.05) is 28.9 Å². The number of nitrogens with zero attached hydrogens (tertiary/aromatic N) is 2. The van der Waals surface area contributed by atoms with E-state index in [0.717, 1.165) is 27.9 Å². The van der Waals surface area contributed by atoms with Gasteiger partial charge in [0.1, 0.15) is 5.75 Å². The third-order valence-corrected chi connectivity index (χ3v) is 2.97. The van der Waals surface area contributed by atoms with Crippen molar-refractivity contribution in [2.24, 2.45) is 0 Å². The maximum Gasteiger partial charge on any atom is 0.222 e. The first-order chi connectivity index (χ1) is 8.78. The van der Waals surface area contributed by atoms with Crippen LogP contribution in [0.5, 0.6) is 5.75 Å². The quantitative estimate of drug-likeness (QED) is 0.719. The lowest BCUT2D eigenvalue weighted by Crippen LogP contribution is -1.86. The number of methoxy groups -OCH3 is 1. The molecule has 0 radical (unpaired) electrons. The highest BCUT2D eigenvalue weighted by atomic mass is 35.5. The van der Waals surface area contributed by atoms with Crippen LogP contribution in [0.1, 0.15) is 0 Å². The molecule has 0 fully saturated rings. The molecule has 0 amide bonds. The summed E-state index contributed by atoms with van der Waals surface area (Å²) in [5, 5.41) is 1.29. The van der Waals surface area contributed by atoms with Crippen molar-refractivity contribution in [2.75, 3.05) is 7.11 Å². The van der Waals surface area contributed by atoms with Gasteiger partial charge in [-0.3, -0.25) is 0 Å². The molecule has 5 heteroatoms. The number of ether oxygens (including phenoxy) is 1. The van der Waals surface area contributed by atoms with E-state index in [2.05, 4.69) is 15.0 Å². The molecule has 0 saturated heterocycles. The average Bonchev–Trinajstić information content (AvgIpc) is 2.81. The molecule has 3 rings (SSSR count). The number of rotatable bonds is 2. The Morgan fingerprint density at radius 2 is 2.17 bits per heavy atom. The summed E-state index contributed by atoms with van der Waals surface area (Å²) in [7, 11) is 1.65. The van der Waals surface area contributed by atoms with Gasteiger partial charge in [0.05, 0.1) is 12.8 Å². The van der Waals surface area contributed by atoms with Gasteiger partial charge in [-0.05, 0) is 35.9 Å². The van der Waals surface area contributed by atoms with Crippen molar-refractivity contribution in [3.8, 4) is 17.0 Å². The van der Waals surface area contributed by atoms with E-state index in [1.165, 1.54) is 0 Å². The van der Waals surface area contributed by atoms with Gasteiger partial charge in [0.2, 0.25) is 5.28 Å². The van der Waals surface area contributed by atoms with E-state index < -0.39 is 0 Å². The zero-order valence-corrected chi connectivity index (χ0v) is 10.4. The van der Waals surface area contributed by atoms with E-state index in [-0.39, 0.29) is 5.28 Å². The average molecular weight is 260 g/mol. The molecule has 0 aliphatic rings. The van der Waals surface area contributed by atoms with Crippen molar-refractivity contribution in [1.29, 1.82) is 0 Å². The third-order valence-electron chi connectivity index (χ3n) is 2.79. The standard InChI is InChI=1S/C13H10ClN3O/c1-18-8-2-3-11-9(6-8)10(7-16-11)12-4-5-15-13(14)17-12/h2-7,16H,1H3. The highest BCUT2D eigenvalue weighted by Gasteiger charge is 2.09. The fourth-order valence-electron chi connectivity index (χ4n) is 1.92. The summed E-state index contributed by atoms with van der Waals surface area (Å²) < 4.78 is 5.23. The van der Waals surface area contributed by atoms with E-state index in [0.29, 0.717) is 0 Å². The van der Waals surface area contributed by atoms with Crippen molar-refractivity contribution in [3.05, 3.63) is 41.9 Å². The molecular formula is C13H10ClN3O. The maximum atomic E-state index is 5.81. The summed E-state index contributed by atoms with van der Waals surface area (Å²) in [4.78, 5) is 11.3. The van der Waals surface area contributed by atoms with E-state index in [4.69, 9.17) is 16.3 Å². The molecule has 0 bridgehead atoms. The van der Waals surface area contributed by atoms with E-state index >= 15 is 0 Å². The molecule has 2 heterocycles. The highest BCUT2D eigenvalue weighted by molar-refractivity contribution is 6.28. The fraction of sp³-hybridized carbons (Fsp3) is 0.0769. The second kappa shape index (κ2) is 4.31. The number of halogens is 1. The van der Waals surface area contributed by atoms with Gasteiger partial charge in [-0.25, -0.2) is 9.97 Å². The fourth-order valence-corrected chi connectivity index (χ4v) is 2.07. The molecule has 18 heavy (non-hydrogen) atoms. The van der Waals surface area contributed by atoms with Gasteiger partial charge in [-0.1, -0.05) is 0 Å². The third kappa shape index (κ3) is 1.80. The number of aromatic nitrogens is 3. The van der Waals surface area contributed by atoms with E-state index in [1.807, 2.05) is 30.5 Å². The minimum absolute atomic E-state index is 0.241.